The van der Waals surface area contributed by atoms with Crippen LogP contribution in [0.5, 0.6) is 0 Å². The minimum atomic E-state index is -0.725. The van der Waals surface area contributed by atoms with Crippen LogP contribution in [0, 0.1) is 6.92 Å². The number of carbonyl (C=O) groups is 1. The van der Waals surface area contributed by atoms with E-state index in [2.05, 4.69) is 0 Å². The van der Waals surface area contributed by atoms with E-state index in [0.29, 0.717) is 0 Å². The number of carboxylic acid groups (broad SMARTS) is 1. The van der Waals surface area contributed by atoms with Crippen LogP contribution in [0.3, 0.4) is 0 Å². The topological polar surface area (TPSA) is 40.5 Å². The summed E-state index contributed by atoms with van der Waals surface area (Å²) in [7, 11) is 0. The Morgan fingerprint density at radius 1 is 1.43 bits per heavy atom. The van der Waals surface area contributed by atoms with Crippen LogP contribution >= 0.6 is 0 Å². The first kappa shape index (κ1) is 9.06. The fourth-order valence-corrected chi connectivity index (χ4v) is 1.69. The van der Waals surface area contributed by atoms with Crippen LogP contribution in [0.25, 0.3) is 0 Å². The van der Waals surface area contributed by atoms with Crippen molar-refractivity contribution in [3.8, 4) is 0 Å². The summed E-state index contributed by atoms with van der Waals surface area (Å²) in [4.78, 5) is 12.7. The smallest absolute Gasteiger partial charge is 0.326 e. The first-order valence-electron chi connectivity index (χ1n) is 4.74. The highest BCUT2D eigenvalue weighted by Gasteiger charge is 2.33. The molecule has 1 saturated heterocycles. The Morgan fingerprint density at radius 2 is 2.07 bits per heavy atom. The SMILES string of the molecule is Cc1ccc(N2CCC2C(=O)O)cc1. The molecule has 1 unspecified atom stereocenters. The lowest BCUT2D eigenvalue weighted by Gasteiger charge is -2.40. The van der Waals surface area contributed by atoms with Crippen molar-refractivity contribution in [2.45, 2.75) is 19.4 Å². The summed E-state index contributed by atoms with van der Waals surface area (Å²) in [6.07, 6.45) is 0.753. The minimum absolute atomic E-state index is 0.322. The van der Waals surface area contributed by atoms with Crippen molar-refractivity contribution in [1.82, 2.24) is 0 Å². The van der Waals surface area contributed by atoms with Crippen molar-refractivity contribution in [2.75, 3.05) is 11.4 Å². The molecule has 0 amide bonds. The van der Waals surface area contributed by atoms with Crippen molar-refractivity contribution in [1.29, 1.82) is 0 Å². The molecule has 3 heteroatoms. The molecule has 1 aromatic rings. The standard InChI is InChI=1S/C11H13NO2/c1-8-2-4-9(5-3-8)12-7-6-10(12)11(13)14/h2-5,10H,6-7H2,1H3,(H,13,14). The lowest BCUT2D eigenvalue weighted by Crippen LogP contribution is -2.52. The molecule has 0 spiro atoms. The first-order chi connectivity index (χ1) is 6.68. The molecule has 1 aliphatic rings. The molecule has 1 N–H and O–H groups in total. The average Bonchev–Trinajstić information content (AvgIpc) is 2.05. The molecule has 2 rings (SSSR count). The van der Waals surface area contributed by atoms with Crippen molar-refractivity contribution >= 4 is 11.7 Å². The molecule has 3 nitrogen and oxygen atoms in total. The van der Waals surface area contributed by atoms with Gasteiger partial charge in [-0.2, -0.15) is 0 Å². The van der Waals surface area contributed by atoms with Gasteiger partial charge in [0.15, 0.2) is 0 Å². The van der Waals surface area contributed by atoms with Gasteiger partial charge in [0.05, 0.1) is 0 Å². The fraction of sp³-hybridized carbons (Fsp3) is 0.364. The minimum Gasteiger partial charge on any atom is -0.480 e. The molecule has 0 aliphatic carbocycles. The molecule has 74 valence electrons. The van der Waals surface area contributed by atoms with Gasteiger partial charge in [0.25, 0.3) is 0 Å². The third-order valence-corrected chi connectivity index (χ3v) is 2.67. The Morgan fingerprint density at radius 3 is 2.50 bits per heavy atom. The van der Waals surface area contributed by atoms with Crippen molar-refractivity contribution in [3.63, 3.8) is 0 Å². The Hall–Kier alpha value is -1.51. The van der Waals surface area contributed by atoms with Crippen LogP contribution in [0.1, 0.15) is 12.0 Å². The third kappa shape index (κ3) is 1.45. The number of aliphatic carboxylic acids is 1. The van der Waals surface area contributed by atoms with E-state index in [0.717, 1.165) is 18.7 Å². The predicted octanol–water partition coefficient (Wildman–Crippen LogP) is 1.66. The third-order valence-electron chi connectivity index (χ3n) is 2.67. The molecule has 1 atom stereocenters. The molecule has 1 heterocycles. The number of nitrogens with zero attached hydrogens (tertiary/aromatic N) is 1. The Labute approximate surface area is 83.0 Å². The van der Waals surface area contributed by atoms with Gasteiger partial charge < -0.3 is 10.0 Å². The number of anilines is 1. The van der Waals surface area contributed by atoms with Gasteiger partial charge in [-0.3, -0.25) is 0 Å². The molecule has 0 bridgehead atoms. The molecular formula is C11H13NO2. The van der Waals surface area contributed by atoms with Gasteiger partial charge in [-0.1, -0.05) is 17.7 Å². The van der Waals surface area contributed by atoms with Crippen LogP contribution < -0.4 is 4.90 Å². The number of hydrogen-bond acceptors (Lipinski definition) is 2. The van der Waals surface area contributed by atoms with Crippen LogP contribution in [-0.4, -0.2) is 23.7 Å². The zero-order valence-corrected chi connectivity index (χ0v) is 8.10. The second-order valence-corrected chi connectivity index (χ2v) is 3.67. The fourth-order valence-electron chi connectivity index (χ4n) is 1.69. The van der Waals surface area contributed by atoms with Crippen molar-refractivity contribution < 1.29 is 9.90 Å². The Balaban J connectivity index is 2.16. The normalized spacial score (nSPS) is 20.4. The summed E-state index contributed by atoms with van der Waals surface area (Å²) in [5.74, 6) is -0.725. The van der Waals surface area contributed by atoms with Gasteiger partial charge in [-0.25, -0.2) is 4.79 Å². The maximum Gasteiger partial charge on any atom is 0.326 e. The van der Waals surface area contributed by atoms with Gasteiger partial charge in [-0.15, -0.1) is 0 Å². The van der Waals surface area contributed by atoms with E-state index in [1.54, 1.807) is 0 Å². The lowest BCUT2D eigenvalue weighted by atomic mass is 10.0. The maximum atomic E-state index is 10.8. The van der Waals surface area contributed by atoms with E-state index in [9.17, 15) is 4.79 Å². The average molecular weight is 191 g/mol. The molecule has 1 aliphatic heterocycles. The zero-order valence-electron chi connectivity index (χ0n) is 8.10. The van der Waals surface area contributed by atoms with Gasteiger partial charge in [0, 0.05) is 12.2 Å². The second-order valence-electron chi connectivity index (χ2n) is 3.67. The van der Waals surface area contributed by atoms with Crippen LogP contribution in [-0.2, 0) is 4.79 Å². The number of rotatable bonds is 2. The van der Waals surface area contributed by atoms with E-state index in [4.69, 9.17) is 5.11 Å². The Kier molecular flexibility index (Phi) is 2.15. The van der Waals surface area contributed by atoms with Gasteiger partial charge >= 0.3 is 5.97 Å². The molecule has 0 aromatic heterocycles. The van der Waals surface area contributed by atoms with E-state index >= 15 is 0 Å². The quantitative estimate of drug-likeness (QED) is 0.772. The second kappa shape index (κ2) is 3.33. The molecular weight excluding hydrogens is 178 g/mol. The van der Waals surface area contributed by atoms with Crippen molar-refractivity contribution in [3.05, 3.63) is 29.8 Å². The van der Waals surface area contributed by atoms with E-state index in [1.165, 1.54) is 5.56 Å². The monoisotopic (exact) mass is 191 g/mol. The summed E-state index contributed by atoms with van der Waals surface area (Å²) in [6.45, 7) is 2.87. The predicted molar refractivity (Wildman–Crippen MR) is 54.6 cm³/mol. The first-order valence-corrected chi connectivity index (χ1v) is 4.74. The molecule has 1 aromatic carbocycles. The maximum absolute atomic E-state index is 10.8. The van der Waals surface area contributed by atoms with E-state index in [1.807, 2.05) is 36.1 Å². The van der Waals surface area contributed by atoms with Crippen molar-refractivity contribution in [2.24, 2.45) is 0 Å². The highest BCUT2D eigenvalue weighted by Crippen LogP contribution is 2.26. The van der Waals surface area contributed by atoms with Gasteiger partial charge in [0.1, 0.15) is 6.04 Å². The number of benzene rings is 1. The molecule has 0 radical (unpaired) electrons. The molecule has 1 fully saturated rings. The largest absolute Gasteiger partial charge is 0.480 e. The van der Waals surface area contributed by atoms with E-state index in [-0.39, 0.29) is 6.04 Å². The summed E-state index contributed by atoms with van der Waals surface area (Å²) < 4.78 is 0. The lowest BCUT2D eigenvalue weighted by molar-refractivity contribution is -0.139. The number of hydrogen-bond donors (Lipinski definition) is 1. The summed E-state index contributed by atoms with van der Waals surface area (Å²) >= 11 is 0. The highest BCUT2D eigenvalue weighted by atomic mass is 16.4. The van der Waals surface area contributed by atoms with Crippen LogP contribution in [0.2, 0.25) is 0 Å². The molecule has 0 saturated carbocycles. The van der Waals surface area contributed by atoms with Gasteiger partial charge in [0.2, 0.25) is 0 Å². The zero-order chi connectivity index (χ0) is 10.1. The summed E-state index contributed by atoms with van der Waals surface area (Å²) in [5, 5.41) is 8.88. The summed E-state index contributed by atoms with van der Waals surface area (Å²) in [5.41, 5.74) is 2.20. The Bertz CT molecular complexity index is 345. The highest BCUT2D eigenvalue weighted by molar-refractivity contribution is 5.80. The van der Waals surface area contributed by atoms with Crippen LogP contribution in [0.15, 0.2) is 24.3 Å². The number of carboxylic acids is 1. The van der Waals surface area contributed by atoms with E-state index < -0.39 is 5.97 Å². The molecule has 14 heavy (non-hydrogen) atoms. The number of aryl methyl sites for hydroxylation is 1. The van der Waals surface area contributed by atoms with Crippen LogP contribution in [0.4, 0.5) is 5.69 Å². The summed E-state index contributed by atoms with van der Waals surface area (Å²) in [6, 6.07) is 7.64. The van der Waals surface area contributed by atoms with Gasteiger partial charge in [-0.05, 0) is 25.5 Å².